The number of methoxy groups -OCH3 is 2. The van der Waals surface area contributed by atoms with Crippen LogP contribution < -0.4 is 20.1 Å². The number of halogens is 1. The van der Waals surface area contributed by atoms with Gasteiger partial charge in [0.25, 0.3) is 0 Å². The van der Waals surface area contributed by atoms with E-state index in [0.29, 0.717) is 6.54 Å². The molecule has 1 aliphatic rings. The van der Waals surface area contributed by atoms with E-state index in [4.69, 9.17) is 14.5 Å². The van der Waals surface area contributed by atoms with Gasteiger partial charge in [-0.05, 0) is 42.5 Å². The van der Waals surface area contributed by atoms with Crippen molar-refractivity contribution in [3.8, 4) is 11.5 Å². The molecule has 3 rings (SSSR count). The average Bonchev–Trinajstić information content (AvgIpc) is 3.19. The van der Waals surface area contributed by atoms with Crippen LogP contribution in [-0.2, 0) is 19.5 Å². The second-order valence-corrected chi connectivity index (χ2v) is 7.70. The van der Waals surface area contributed by atoms with E-state index in [2.05, 4.69) is 33.9 Å². The van der Waals surface area contributed by atoms with Crippen LogP contribution in [0.15, 0.2) is 34.6 Å². The molecule has 2 N–H and O–H groups in total. The van der Waals surface area contributed by atoms with Crippen LogP contribution in [-0.4, -0.2) is 51.3 Å². The molecule has 0 amide bonds. The maximum Gasteiger partial charge on any atom is 0.191 e. The normalized spacial score (nSPS) is 14.0. The first-order valence-corrected chi connectivity index (χ1v) is 10.6. The molecular formula is C21H31IN4O2S. The summed E-state index contributed by atoms with van der Waals surface area (Å²) in [6, 6.07) is 8.08. The van der Waals surface area contributed by atoms with Crippen molar-refractivity contribution in [3.05, 3.63) is 45.6 Å². The molecule has 2 heterocycles. The third kappa shape index (κ3) is 6.75. The lowest BCUT2D eigenvalue weighted by atomic mass is 10.1. The minimum Gasteiger partial charge on any atom is -0.497 e. The molecule has 8 heteroatoms. The van der Waals surface area contributed by atoms with Crippen molar-refractivity contribution < 1.29 is 9.47 Å². The van der Waals surface area contributed by atoms with Crippen molar-refractivity contribution >= 4 is 41.3 Å². The summed E-state index contributed by atoms with van der Waals surface area (Å²) in [5.41, 5.74) is 2.52. The van der Waals surface area contributed by atoms with Crippen LogP contribution in [0.25, 0.3) is 0 Å². The second-order valence-electron chi connectivity index (χ2n) is 6.69. The number of rotatable bonds is 8. The summed E-state index contributed by atoms with van der Waals surface area (Å²) in [7, 11) is 3.32. The number of thiophene rings is 1. The number of guanidine groups is 1. The van der Waals surface area contributed by atoms with Gasteiger partial charge < -0.3 is 20.1 Å². The van der Waals surface area contributed by atoms with Crippen LogP contribution in [0.4, 0.5) is 0 Å². The van der Waals surface area contributed by atoms with E-state index in [1.54, 1.807) is 19.1 Å². The fraction of sp³-hybridized carbons (Fsp3) is 0.476. The van der Waals surface area contributed by atoms with Gasteiger partial charge >= 0.3 is 0 Å². The van der Waals surface area contributed by atoms with Crippen molar-refractivity contribution in [3.63, 3.8) is 0 Å². The zero-order valence-corrected chi connectivity index (χ0v) is 20.5. The molecule has 0 bridgehead atoms. The van der Waals surface area contributed by atoms with Gasteiger partial charge in [-0.2, -0.15) is 0 Å². The Morgan fingerprint density at radius 2 is 2.07 bits per heavy atom. The molecule has 0 saturated heterocycles. The Kier molecular flexibility index (Phi) is 10.0. The molecule has 160 valence electrons. The van der Waals surface area contributed by atoms with Gasteiger partial charge in [0.2, 0.25) is 0 Å². The Bertz CT molecular complexity index is 797. The number of nitrogens with zero attached hydrogens (tertiary/aromatic N) is 2. The van der Waals surface area contributed by atoms with E-state index < -0.39 is 0 Å². The Morgan fingerprint density at radius 1 is 1.21 bits per heavy atom. The van der Waals surface area contributed by atoms with E-state index in [-0.39, 0.29) is 24.0 Å². The van der Waals surface area contributed by atoms with Crippen LogP contribution in [0.1, 0.15) is 22.9 Å². The lowest BCUT2D eigenvalue weighted by Crippen LogP contribution is -2.42. The number of fused-ring (bicyclic) bond motifs is 1. The van der Waals surface area contributed by atoms with Crippen molar-refractivity contribution in [1.29, 1.82) is 0 Å². The van der Waals surface area contributed by atoms with Crippen LogP contribution in [0.5, 0.6) is 11.5 Å². The first-order chi connectivity index (χ1) is 13.7. The number of hydrogen-bond acceptors (Lipinski definition) is 5. The molecule has 0 spiro atoms. The van der Waals surface area contributed by atoms with Gasteiger partial charge in [0.15, 0.2) is 5.96 Å². The summed E-state index contributed by atoms with van der Waals surface area (Å²) >= 11 is 1.88. The first-order valence-electron chi connectivity index (χ1n) is 9.74. The van der Waals surface area contributed by atoms with E-state index in [1.807, 2.05) is 29.5 Å². The zero-order valence-electron chi connectivity index (χ0n) is 17.4. The minimum atomic E-state index is 0. The molecule has 0 aliphatic carbocycles. The number of ether oxygens (including phenoxy) is 2. The van der Waals surface area contributed by atoms with E-state index in [0.717, 1.165) is 55.7 Å². The topological polar surface area (TPSA) is 58.1 Å². The smallest absolute Gasteiger partial charge is 0.191 e. The summed E-state index contributed by atoms with van der Waals surface area (Å²) in [4.78, 5) is 8.76. The summed E-state index contributed by atoms with van der Waals surface area (Å²) in [5, 5.41) is 8.97. The molecule has 6 nitrogen and oxygen atoms in total. The standard InChI is InChI=1S/C21H30N4O2S.HI/c1-4-22-21(24-14-16-5-6-18(26-2)13-19(16)27-3)23-9-11-25-10-7-20-17(15-25)8-12-28-20;/h5-6,8,12-13H,4,7,9-11,14-15H2,1-3H3,(H2,22,23,24);1H. The van der Waals surface area contributed by atoms with Crippen molar-refractivity contribution in [1.82, 2.24) is 15.5 Å². The van der Waals surface area contributed by atoms with Crippen LogP contribution in [0.3, 0.4) is 0 Å². The lowest BCUT2D eigenvalue weighted by molar-refractivity contribution is 0.260. The van der Waals surface area contributed by atoms with Gasteiger partial charge in [0.05, 0.1) is 20.8 Å². The molecule has 0 atom stereocenters. The SMILES string of the molecule is CCNC(=NCc1ccc(OC)cc1OC)NCCN1CCc2sccc2C1.I. The molecule has 1 aromatic carbocycles. The summed E-state index contributed by atoms with van der Waals surface area (Å²) < 4.78 is 10.7. The quantitative estimate of drug-likeness (QED) is 0.311. The van der Waals surface area contributed by atoms with Gasteiger partial charge in [-0.3, -0.25) is 4.90 Å². The van der Waals surface area contributed by atoms with Crippen molar-refractivity contribution in [2.75, 3.05) is 40.4 Å². The van der Waals surface area contributed by atoms with Gasteiger partial charge in [-0.25, -0.2) is 4.99 Å². The monoisotopic (exact) mass is 530 g/mol. The number of hydrogen-bond donors (Lipinski definition) is 2. The number of nitrogens with one attached hydrogen (secondary N) is 2. The highest BCUT2D eigenvalue weighted by molar-refractivity contribution is 14.0. The molecular weight excluding hydrogens is 499 g/mol. The van der Waals surface area contributed by atoms with E-state index in [9.17, 15) is 0 Å². The predicted octanol–water partition coefficient (Wildman–Crippen LogP) is 3.50. The lowest BCUT2D eigenvalue weighted by Gasteiger charge is -2.27. The first kappa shape index (κ1) is 23.8. The Morgan fingerprint density at radius 3 is 2.83 bits per heavy atom. The van der Waals surface area contributed by atoms with Gasteiger partial charge in [-0.15, -0.1) is 35.3 Å². The third-order valence-electron chi connectivity index (χ3n) is 4.85. The maximum atomic E-state index is 5.47. The molecule has 0 radical (unpaired) electrons. The molecule has 0 unspecified atom stereocenters. The number of benzene rings is 1. The predicted molar refractivity (Wildman–Crippen MR) is 131 cm³/mol. The Balaban J connectivity index is 0.00000300. The molecule has 2 aromatic rings. The Hall–Kier alpha value is -1.52. The highest BCUT2D eigenvalue weighted by atomic mass is 127. The zero-order chi connectivity index (χ0) is 19.8. The largest absolute Gasteiger partial charge is 0.497 e. The van der Waals surface area contributed by atoms with Crippen molar-refractivity contribution in [2.45, 2.75) is 26.4 Å². The fourth-order valence-corrected chi connectivity index (χ4v) is 4.21. The third-order valence-corrected chi connectivity index (χ3v) is 5.88. The van der Waals surface area contributed by atoms with E-state index >= 15 is 0 Å². The number of aliphatic imine (C=N–C) groups is 1. The highest BCUT2D eigenvalue weighted by Crippen LogP contribution is 2.25. The summed E-state index contributed by atoms with van der Waals surface area (Å²) in [6.07, 6.45) is 1.17. The fourth-order valence-electron chi connectivity index (χ4n) is 3.32. The van der Waals surface area contributed by atoms with Gasteiger partial charge in [0.1, 0.15) is 11.5 Å². The van der Waals surface area contributed by atoms with Gasteiger partial charge in [-0.1, -0.05) is 0 Å². The molecule has 0 saturated carbocycles. The minimum absolute atomic E-state index is 0. The van der Waals surface area contributed by atoms with Crippen LogP contribution in [0.2, 0.25) is 0 Å². The second kappa shape index (κ2) is 12.2. The molecule has 29 heavy (non-hydrogen) atoms. The maximum absolute atomic E-state index is 5.47. The van der Waals surface area contributed by atoms with Crippen LogP contribution >= 0.6 is 35.3 Å². The Labute approximate surface area is 194 Å². The van der Waals surface area contributed by atoms with Crippen molar-refractivity contribution in [2.24, 2.45) is 4.99 Å². The summed E-state index contributed by atoms with van der Waals surface area (Å²) in [5.74, 6) is 2.40. The van der Waals surface area contributed by atoms with Crippen LogP contribution in [0, 0.1) is 0 Å². The summed E-state index contributed by atoms with van der Waals surface area (Å²) in [6.45, 7) is 7.51. The average molecular weight is 530 g/mol. The van der Waals surface area contributed by atoms with E-state index in [1.165, 1.54) is 12.0 Å². The molecule has 1 aliphatic heterocycles. The van der Waals surface area contributed by atoms with Gasteiger partial charge in [0, 0.05) is 49.2 Å². The highest BCUT2D eigenvalue weighted by Gasteiger charge is 2.16. The molecule has 0 fully saturated rings. The molecule has 1 aromatic heterocycles.